The van der Waals surface area contributed by atoms with E-state index >= 15 is 0 Å². The van der Waals surface area contributed by atoms with Gasteiger partial charge in [0.1, 0.15) is 5.71 Å². The molecule has 1 N–H and O–H groups in total. The van der Waals surface area contributed by atoms with Gasteiger partial charge >= 0.3 is 5.97 Å². The minimum absolute atomic E-state index is 0.336. The summed E-state index contributed by atoms with van der Waals surface area (Å²) in [5, 5.41) is 4.64. The van der Waals surface area contributed by atoms with Crippen molar-refractivity contribution >= 4 is 29.0 Å². The van der Waals surface area contributed by atoms with Crippen molar-refractivity contribution in [2.75, 3.05) is 12.0 Å². The van der Waals surface area contributed by atoms with Crippen LogP contribution in [0.5, 0.6) is 0 Å². The number of nitrogens with zero attached hydrogens (tertiary/aromatic N) is 1. The minimum Gasteiger partial charge on any atom is -0.461 e. The fourth-order valence-electron chi connectivity index (χ4n) is 1.34. The van der Waals surface area contributed by atoms with Gasteiger partial charge in [0.2, 0.25) is 0 Å². The van der Waals surface area contributed by atoms with Crippen LogP contribution in [0.2, 0.25) is 5.02 Å². The lowest BCUT2D eigenvalue weighted by Crippen LogP contribution is -2.18. The highest BCUT2D eigenvalue weighted by Gasteiger charge is 2.10. The van der Waals surface area contributed by atoms with Crippen LogP contribution in [0.15, 0.2) is 23.3 Å². The van der Waals surface area contributed by atoms with Crippen molar-refractivity contribution in [3.8, 4) is 0 Å². The van der Waals surface area contributed by atoms with Gasteiger partial charge in [-0.1, -0.05) is 30.7 Å². The largest absolute Gasteiger partial charge is 0.461 e. The molecule has 0 heterocycles. The summed E-state index contributed by atoms with van der Waals surface area (Å²) in [5.41, 5.74) is 4.76. The summed E-state index contributed by atoms with van der Waals surface area (Å²) in [4.78, 5) is 11.5. The number of carbonyl (C=O) groups excluding carboxylic acids is 1. The minimum atomic E-state index is -0.406. The Balaban J connectivity index is 2.83. The molecule has 0 saturated heterocycles. The summed E-state index contributed by atoms with van der Waals surface area (Å²) in [6.45, 7) is 5.84. The number of carbonyl (C=O) groups is 1. The molecule has 1 aromatic carbocycles. The molecule has 4 nitrogen and oxygen atoms in total. The Hall–Kier alpha value is -1.55. The third kappa shape index (κ3) is 3.74. The van der Waals surface area contributed by atoms with Crippen LogP contribution in [-0.2, 0) is 9.53 Å². The summed E-state index contributed by atoms with van der Waals surface area (Å²) in [5.74, 6) is -0.406. The second kappa shape index (κ2) is 7.01. The van der Waals surface area contributed by atoms with E-state index in [1.165, 1.54) is 0 Å². The van der Waals surface area contributed by atoms with Crippen molar-refractivity contribution in [1.29, 1.82) is 0 Å². The number of hydrazone groups is 1. The standard InChI is InChI=1S/C13H17ClN2O2/c1-4-10(13(17)18-5-2)15-16-11-8-6-7-9(3)12(11)14/h6-8,16H,4-5H2,1-3H3. The van der Waals surface area contributed by atoms with Crippen LogP contribution in [0, 0.1) is 6.92 Å². The second-order valence-corrected chi connectivity index (χ2v) is 4.06. The van der Waals surface area contributed by atoms with E-state index < -0.39 is 5.97 Å². The first-order valence-corrected chi connectivity index (χ1v) is 6.22. The molecule has 0 aliphatic heterocycles. The van der Waals surface area contributed by atoms with Gasteiger partial charge in [0.05, 0.1) is 17.3 Å². The van der Waals surface area contributed by atoms with E-state index in [1.807, 2.05) is 26.0 Å². The van der Waals surface area contributed by atoms with Crippen molar-refractivity contribution in [2.24, 2.45) is 5.10 Å². The molecular formula is C13H17ClN2O2. The maximum absolute atomic E-state index is 11.5. The maximum Gasteiger partial charge on any atom is 0.354 e. The fraction of sp³-hybridized carbons (Fsp3) is 0.385. The van der Waals surface area contributed by atoms with Crippen molar-refractivity contribution in [3.63, 3.8) is 0 Å². The Morgan fingerprint density at radius 3 is 2.78 bits per heavy atom. The summed E-state index contributed by atoms with van der Waals surface area (Å²) in [7, 11) is 0. The first-order valence-electron chi connectivity index (χ1n) is 5.84. The average molecular weight is 269 g/mol. The van der Waals surface area contributed by atoms with Crippen LogP contribution in [0.1, 0.15) is 25.8 Å². The molecule has 0 aliphatic rings. The van der Waals surface area contributed by atoms with E-state index in [0.29, 0.717) is 29.4 Å². The topological polar surface area (TPSA) is 50.7 Å². The Morgan fingerprint density at radius 1 is 1.44 bits per heavy atom. The molecule has 5 heteroatoms. The van der Waals surface area contributed by atoms with E-state index in [4.69, 9.17) is 16.3 Å². The van der Waals surface area contributed by atoms with Gasteiger partial charge in [-0.3, -0.25) is 5.43 Å². The molecule has 0 bridgehead atoms. The first-order chi connectivity index (χ1) is 8.60. The van der Waals surface area contributed by atoms with Gasteiger partial charge in [-0.25, -0.2) is 4.79 Å². The maximum atomic E-state index is 11.5. The van der Waals surface area contributed by atoms with Crippen LogP contribution in [0.3, 0.4) is 0 Å². The van der Waals surface area contributed by atoms with Gasteiger partial charge in [-0.05, 0) is 31.9 Å². The van der Waals surface area contributed by atoms with Crippen molar-refractivity contribution in [1.82, 2.24) is 0 Å². The van der Waals surface area contributed by atoms with Gasteiger partial charge in [0.25, 0.3) is 0 Å². The molecule has 0 aromatic heterocycles. The SMILES string of the molecule is CCOC(=O)C(CC)=NNc1cccc(C)c1Cl. The number of rotatable bonds is 5. The summed E-state index contributed by atoms with van der Waals surface area (Å²) in [6, 6.07) is 5.58. The van der Waals surface area contributed by atoms with Gasteiger partial charge in [-0.2, -0.15) is 5.10 Å². The Kier molecular flexibility index (Phi) is 5.65. The third-order valence-corrected chi connectivity index (χ3v) is 2.85. The zero-order valence-electron chi connectivity index (χ0n) is 10.8. The molecule has 0 amide bonds. The average Bonchev–Trinajstić information content (AvgIpc) is 2.35. The van der Waals surface area contributed by atoms with Crippen LogP contribution in [0.25, 0.3) is 0 Å². The van der Waals surface area contributed by atoms with Crippen molar-refractivity contribution in [2.45, 2.75) is 27.2 Å². The lowest BCUT2D eigenvalue weighted by atomic mass is 10.2. The molecule has 0 spiro atoms. The van der Waals surface area contributed by atoms with E-state index in [1.54, 1.807) is 13.0 Å². The predicted octanol–water partition coefficient (Wildman–Crippen LogP) is 3.39. The van der Waals surface area contributed by atoms with Crippen LogP contribution < -0.4 is 5.43 Å². The second-order valence-electron chi connectivity index (χ2n) is 3.68. The lowest BCUT2D eigenvalue weighted by molar-refractivity contribution is -0.135. The van der Waals surface area contributed by atoms with E-state index in [9.17, 15) is 4.79 Å². The highest BCUT2D eigenvalue weighted by molar-refractivity contribution is 6.36. The number of halogens is 1. The fourth-order valence-corrected chi connectivity index (χ4v) is 1.51. The monoisotopic (exact) mass is 268 g/mol. The summed E-state index contributed by atoms with van der Waals surface area (Å²) >= 11 is 6.11. The molecule has 0 fully saturated rings. The zero-order chi connectivity index (χ0) is 13.5. The zero-order valence-corrected chi connectivity index (χ0v) is 11.5. The highest BCUT2D eigenvalue weighted by Crippen LogP contribution is 2.24. The Morgan fingerprint density at radius 2 is 2.17 bits per heavy atom. The molecule has 0 radical (unpaired) electrons. The predicted molar refractivity (Wildman–Crippen MR) is 74.2 cm³/mol. The number of hydrogen-bond donors (Lipinski definition) is 1. The van der Waals surface area contributed by atoms with Gasteiger partial charge < -0.3 is 4.74 Å². The number of nitrogens with one attached hydrogen (secondary N) is 1. The molecular weight excluding hydrogens is 252 g/mol. The number of anilines is 1. The van der Waals surface area contributed by atoms with Gasteiger partial charge in [-0.15, -0.1) is 0 Å². The van der Waals surface area contributed by atoms with E-state index in [-0.39, 0.29) is 0 Å². The van der Waals surface area contributed by atoms with E-state index in [0.717, 1.165) is 5.56 Å². The highest BCUT2D eigenvalue weighted by atomic mass is 35.5. The number of aryl methyl sites for hydroxylation is 1. The number of esters is 1. The quantitative estimate of drug-likeness (QED) is 0.506. The smallest absolute Gasteiger partial charge is 0.354 e. The number of hydrogen-bond acceptors (Lipinski definition) is 4. The number of benzene rings is 1. The lowest BCUT2D eigenvalue weighted by Gasteiger charge is -2.07. The molecule has 1 aromatic rings. The van der Waals surface area contributed by atoms with E-state index in [2.05, 4.69) is 10.5 Å². The van der Waals surface area contributed by atoms with Crippen molar-refractivity contribution < 1.29 is 9.53 Å². The normalized spacial score (nSPS) is 11.2. The summed E-state index contributed by atoms with van der Waals surface area (Å²) < 4.78 is 4.89. The Bertz CT molecular complexity index is 458. The molecule has 0 saturated carbocycles. The van der Waals surface area contributed by atoms with Crippen molar-refractivity contribution in [3.05, 3.63) is 28.8 Å². The van der Waals surface area contributed by atoms with Gasteiger partial charge in [0.15, 0.2) is 0 Å². The van der Waals surface area contributed by atoms with Crippen LogP contribution in [-0.4, -0.2) is 18.3 Å². The first kappa shape index (κ1) is 14.5. The molecule has 0 aliphatic carbocycles. The number of ether oxygens (including phenoxy) is 1. The summed E-state index contributed by atoms with van der Waals surface area (Å²) in [6.07, 6.45) is 0.495. The van der Waals surface area contributed by atoms with Crippen LogP contribution >= 0.6 is 11.6 Å². The molecule has 1 rings (SSSR count). The molecule has 0 atom stereocenters. The molecule has 98 valence electrons. The van der Waals surface area contributed by atoms with Crippen LogP contribution in [0.4, 0.5) is 5.69 Å². The Labute approximate surface area is 112 Å². The molecule has 18 heavy (non-hydrogen) atoms. The molecule has 0 unspecified atom stereocenters. The third-order valence-electron chi connectivity index (χ3n) is 2.35. The van der Waals surface area contributed by atoms with Gasteiger partial charge in [0, 0.05) is 0 Å².